The molecule has 1 aromatic carbocycles. The summed E-state index contributed by atoms with van der Waals surface area (Å²) in [6.45, 7) is 6.16. The first-order valence-corrected chi connectivity index (χ1v) is 7.97. The average Bonchev–Trinajstić information content (AvgIpc) is 2.51. The predicted molar refractivity (Wildman–Crippen MR) is 83.9 cm³/mol. The van der Waals surface area contributed by atoms with Gasteiger partial charge in [-0.25, -0.2) is 4.39 Å². The van der Waals surface area contributed by atoms with Gasteiger partial charge in [0.25, 0.3) is 0 Å². The average molecular weight is 294 g/mol. The fourth-order valence-corrected chi connectivity index (χ4v) is 3.08. The number of nitrogens with one attached hydrogen (secondary N) is 1. The van der Waals surface area contributed by atoms with Gasteiger partial charge in [0.2, 0.25) is 0 Å². The van der Waals surface area contributed by atoms with Crippen LogP contribution in [0.1, 0.15) is 37.8 Å². The number of piperidine rings is 1. The van der Waals surface area contributed by atoms with E-state index in [1.807, 2.05) is 6.07 Å². The SMILES string of the molecule is CCNC(CCN1CCCC(OC)C1)c1cccc(F)c1. The maximum Gasteiger partial charge on any atom is 0.123 e. The van der Waals surface area contributed by atoms with Crippen LogP contribution in [-0.4, -0.2) is 44.3 Å². The lowest BCUT2D eigenvalue weighted by Gasteiger charge is -2.33. The Kier molecular flexibility index (Phi) is 6.61. The number of rotatable bonds is 7. The molecule has 0 bridgehead atoms. The molecule has 0 saturated carbocycles. The molecule has 1 fully saturated rings. The largest absolute Gasteiger partial charge is 0.380 e. The van der Waals surface area contributed by atoms with Crippen molar-refractivity contribution in [2.24, 2.45) is 0 Å². The minimum Gasteiger partial charge on any atom is -0.380 e. The number of likely N-dealkylation sites (tertiary alicyclic amines) is 1. The molecule has 118 valence electrons. The van der Waals surface area contributed by atoms with E-state index in [1.165, 1.54) is 12.5 Å². The Morgan fingerprint density at radius 3 is 3.05 bits per heavy atom. The molecule has 2 rings (SSSR count). The highest BCUT2D eigenvalue weighted by atomic mass is 19.1. The molecule has 0 amide bonds. The van der Waals surface area contributed by atoms with Crippen molar-refractivity contribution in [1.29, 1.82) is 0 Å². The highest BCUT2D eigenvalue weighted by molar-refractivity contribution is 5.20. The highest BCUT2D eigenvalue weighted by Crippen LogP contribution is 2.20. The molecule has 1 aliphatic heterocycles. The van der Waals surface area contributed by atoms with Crippen molar-refractivity contribution >= 4 is 0 Å². The van der Waals surface area contributed by atoms with E-state index < -0.39 is 0 Å². The van der Waals surface area contributed by atoms with E-state index in [1.54, 1.807) is 19.2 Å². The fraction of sp³-hybridized carbons (Fsp3) is 0.647. The van der Waals surface area contributed by atoms with Crippen molar-refractivity contribution in [3.8, 4) is 0 Å². The third kappa shape index (κ3) is 5.06. The number of hydrogen-bond donors (Lipinski definition) is 1. The van der Waals surface area contributed by atoms with Crippen molar-refractivity contribution in [2.75, 3.05) is 33.3 Å². The molecule has 1 aromatic rings. The normalized spacial score (nSPS) is 21.4. The fourth-order valence-electron chi connectivity index (χ4n) is 3.08. The van der Waals surface area contributed by atoms with Gasteiger partial charge in [0.1, 0.15) is 5.82 Å². The standard InChI is InChI=1S/C17H27FN2O/c1-3-19-17(14-6-4-7-15(18)12-14)9-11-20-10-5-8-16(13-20)21-2/h4,6-7,12,16-17,19H,3,5,8-11,13H2,1-2H3. The Morgan fingerprint density at radius 1 is 1.48 bits per heavy atom. The maximum atomic E-state index is 13.4. The van der Waals surface area contributed by atoms with Crippen LogP contribution >= 0.6 is 0 Å². The Bertz CT molecular complexity index is 427. The molecule has 0 spiro atoms. The molecular weight excluding hydrogens is 267 g/mol. The summed E-state index contributed by atoms with van der Waals surface area (Å²) in [6, 6.07) is 7.15. The van der Waals surface area contributed by atoms with E-state index in [9.17, 15) is 4.39 Å². The molecule has 2 atom stereocenters. The van der Waals surface area contributed by atoms with Crippen LogP contribution in [-0.2, 0) is 4.74 Å². The molecule has 3 nitrogen and oxygen atoms in total. The summed E-state index contributed by atoms with van der Waals surface area (Å²) in [6.07, 6.45) is 3.72. The van der Waals surface area contributed by atoms with Gasteiger partial charge in [0.05, 0.1) is 6.10 Å². The maximum absolute atomic E-state index is 13.4. The molecule has 2 unspecified atom stereocenters. The molecular formula is C17H27FN2O. The summed E-state index contributed by atoms with van der Waals surface area (Å²) in [5, 5.41) is 3.47. The van der Waals surface area contributed by atoms with Crippen molar-refractivity contribution in [1.82, 2.24) is 10.2 Å². The van der Waals surface area contributed by atoms with E-state index >= 15 is 0 Å². The number of nitrogens with zero attached hydrogens (tertiary/aromatic N) is 1. The van der Waals surface area contributed by atoms with Gasteiger partial charge in [-0.1, -0.05) is 19.1 Å². The summed E-state index contributed by atoms with van der Waals surface area (Å²) in [4.78, 5) is 2.46. The second-order valence-corrected chi connectivity index (χ2v) is 5.75. The highest BCUT2D eigenvalue weighted by Gasteiger charge is 2.20. The molecule has 1 heterocycles. The van der Waals surface area contributed by atoms with Gasteiger partial charge in [-0.15, -0.1) is 0 Å². The number of ether oxygens (including phenoxy) is 1. The number of halogens is 1. The van der Waals surface area contributed by atoms with Crippen molar-refractivity contribution < 1.29 is 9.13 Å². The van der Waals surface area contributed by atoms with E-state index in [2.05, 4.69) is 17.1 Å². The summed E-state index contributed by atoms with van der Waals surface area (Å²) >= 11 is 0. The van der Waals surface area contributed by atoms with Crippen LogP contribution < -0.4 is 5.32 Å². The van der Waals surface area contributed by atoms with Crippen LogP contribution in [0.25, 0.3) is 0 Å². The molecule has 0 aliphatic carbocycles. The van der Waals surface area contributed by atoms with Crippen molar-refractivity contribution in [3.63, 3.8) is 0 Å². The van der Waals surface area contributed by atoms with Gasteiger partial charge in [-0.3, -0.25) is 0 Å². The number of methoxy groups -OCH3 is 1. The zero-order chi connectivity index (χ0) is 15.1. The van der Waals surface area contributed by atoms with E-state index in [-0.39, 0.29) is 11.9 Å². The summed E-state index contributed by atoms with van der Waals surface area (Å²) in [5.74, 6) is -0.159. The van der Waals surface area contributed by atoms with Gasteiger partial charge in [0, 0.05) is 26.2 Å². The second-order valence-electron chi connectivity index (χ2n) is 5.75. The summed E-state index contributed by atoms with van der Waals surface area (Å²) in [7, 11) is 1.79. The Hall–Kier alpha value is -0.970. The Balaban J connectivity index is 1.91. The van der Waals surface area contributed by atoms with Gasteiger partial charge in [-0.05, 0) is 50.0 Å². The van der Waals surface area contributed by atoms with Crippen LogP contribution in [0.5, 0.6) is 0 Å². The molecule has 21 heavy (non-hydrogen) atoms. The van der Waals surface area contributed by atoms with E-state index in [0.29, 0.717) is 6.10 Å². The van der Waals surface area contributed by atoms with Crippen LogP contribution in [0.2, 0.25) is 0 Å². The smallest absolute Gasteiger partial charge is 0.123 e. The van der Waals surface area contributed by atoms with Crippen LogP contribution in [0, 0.1) is 5.82 Å². The van der Waals surface area contributed by atoms with Crippen molar-refractivity contribution in [2.45, 2.75) is 38.3 Å². The van der Waals surface area contributed by atoms with Crippen LogP contribution in [0.4, 0.5) is 4.39 Å². The first kappa shape index (κ1) is 16.4. The molecule has 1 saturated heterocycles. The zero-order valence-corrected chi connectivity index (χ0v) is 13.1. The first-order valence-electron chi connectivity index (χ1n) is 7.97. The topological polar surface area (TPSA) is 24.5 Å². The summed E-state index contributed by atoms with van der Waals surface area (Å²) in [5.41, 5.74) is 1.04. The first-order chi connectivity index (χ1) is 10.2. The van der Waals surface area contributed by atoms with Crippen LogP contribution in [0.15, 0.2) is 24.3 Å². The molecule has 0 radical (unpaired) electrons. The molecule has 4 heteroatoms. The molecule has 0 aromatic heterocycles. The van der Waals surface area contributed by atoms with Crippen LogP contribution in [0.3, 0.4) is 0 Å². The minimum atomic E-state index is -0.159. The van der Waals surface area contributed by atoms with Gasteiger partial charge < -0.3 is 15.0 Å². The number of hydrogen-bond acceptors (Lipinski definition) is 3. The van der Waals surface area contributed by atoms with E-state index in [0.717, 1.165) is 44.6 Å². The Morgan fingerprint density at radius 2 is 2.33 bits per heavy atom. The third-order valence-electron chi connectivity index (χ3n) is 4.23. The number of benzene rings is 1. The summed E-state index contributed by atoms with van der Waals surface area (Å²) < 4.78 is 18.9. The Labute approximate surface area is 127 Å². The van der Waals surface area contributed by atoms with Gasteiger partial charge >= 0.3 is 0 Å². The third-order valence-corrected chi connectivity index (χ3v) is 4.23. The van der Waals surface area contributed by atoms with Gasteiger partial charge in [-0.2, -0.15) is 0 Å². The predicted octanol–water partition coefficient (Wildman–Crippen LogP) is 2.98. The second kappa shape index (κ2) is 8.47. The monoisotopic (exact) mass is 294 g/mol. The lowest BCUT2D eigenvalue weighted by molar-refractivity contribution is 0.0301. The lowest BCUT2D eigenvalue weighted by Crippen LogP contribution is -2.40. The molecule has 1 aliphatic rings. The molecule has 1 N–H and O–H groups in total. The zero-order valence-electron chi connectivity index (χ0n) is 13.1. The van der Waals surface area contributed by atoms with E-state index in [4.69, 9.17) is 4.74 Å². The van der Waals surface area contributed by atoms with Crippen molar-refractivity contribution in [3.05, 3.63) is 35.6 Å². The van der Waals surface area contributed by atoms with Gasteiger partial charge in [0.15, 0.2) is 0 Å². The lowest BCUT2D eigenvalue weighted by atomic mass is 10.0. The minimum absolute atomic E-state index is 0.159. The quantitative estimate of drug-likeness (QED) is 0.837.